The van der Waals surface area contributed by atoms with Crippen LogP contribution in [0, 0.1) is 5.82 Å². The molecular formula is C33H39FN4O4. The lowest BCUT2D eigenvalue weighted by molar-refractivity contribution is -0.126. The molecule has 1 saturated heterocycles. The molecule has 0 radical (unpaired) electrons. The largest absolute Gasteiger partial charge is 0.492 e. The Labute approximate surface area is 246 Å². The van der Waals surface area contributed by atoms with Crippen LogP contribution in [0.3, 0.4) is 0 Å². The predicted octanol–water partition coefficient (Wildman–Crippen LogP) is 4.02. The Morgan fingerprint density at radius 3 is 2.38 bits per heavy atom. The number of rotatable bonds is 12. The summed E-state index contributed by atoms with van der Waals surface area (Å²) in [5.74, 6) is 0.180. The minimum absolute atomic E-state index is 0.0259. The van der Waals surface area contributed by atoms with Crippen LogP contribution in [0.1, 0.15) is 42.0 Å². The zero-order valence-corrected chi connectivity index (χ0v) is 23.9. The number of carbonyl (C=O) groups is 2. The molecule has 8 nitrogen and oxygen atoms in total. The molecule has 9 heteroatoms. The fourth-order valence-corrected chi connectivity index (χ4v) is 5.75. The molecule has 2 amide bonds. The zero-order valence-electron chi connectivity index (χ0n) is 23.9. The van der Waals surface area contributed by atoms with Crippen LogP contribution in [0.25, 0.3) is 0 Å². The standard InChI is InChI=1S/C33H39FN4O4/c34-26-6-8-27(9-7-26)38-17-14-25-21-29(42-23-33(40)36-22-32(35)39)12-13-30(25)31(38)20-24-4-10-28(11-5-24)41-19-18-37-15-2-1-3-16-37/h4-13,21,31H,1-3,14-20,22-23H2,(H2,35,39)(H,36,40). The number of ether oxygens (including phenoxy) is 2. The van der Waals surface area contributed by atoms with Crippen molar-refractivity contribution in [2.24, 2.45) is 5.73 Å². The number of nitrogens with one attached hydrogen (secondary N) is 1. The van der Waals surface area contributed by atoms with E-state index in [1.165, 1.54) is 37.0 Å². The van der Waals surface area contributed by atoms with E-state index in [1.807, 2.05) is 42.5 Å². The van der Waals surface area contributed by atoms with E-state index in [-0.39, 0.29) is 25.0 Å². The SMILES string of the molecule is NC(=O)CNC(=O)COc1ccc2c(c1)CCN(c1ccc(F)cc1)C2Cc1ccc(OCCN2CCCCC2)cc1. The van der Waals surface area contributed by atoms with Gasteiger partial charge in [0, 0.05) is 18.8 Å². The first-order valence-corrected chi connectivity index (χ1v) is 14.7. The molecule has 5 rings (SSSR count). The predicted molar refractivity (Wildman–Crippen MR) is 160 cm³/mol. The maximum absolute atomic E-state index is 13.7. The third-order valence-electron chi connectivity index (χ3n) is 7.94. The van der Waals surface area contributed by atoms with E-state index < -0.39 is 11.8 Å². The minimum atomic E-state index is -0.607. The van der Waals surface area contributed by atoms with Crippen LogP contribution >= 0.6 is 0 Å². The molecular weight excluding hydrogens is 535 g/mol. The number of nitrogens with two attached hydrogens (primary N) is 1. The zero-order chi connectivity index (χ0) is 29.3. The van der Waals surface area contributed by atoms with Crippen LogP contribution in [0.4, 0.5) is 10.1 Å². The number of amides is 2. The number of hydrogen-bond acceptors (Lipinski definition) is 6. The topological polar surface area (TPSA) is 97.1 Å². The first-order valence-electron chi connectivity index (χ1n) is 14.7. The van der Waals surface area contributed by atoms with Gasteiger partial charge in [0.15, 0.2) is 6.61 Å². The lowest BCUT2D eigenvalue weighted by Crippen LogP contribution is -2.37. The first-order chi connectivity index (χ1) is 20.4. The minimum Gasteiger partial charge on any atom is -0.492 e. The average Bonchev–Trinajstić information content (AvgIpc) is 3.01. The molecule has 0 spiro atoms. The lowest BCUT2D eigenvalue weighted by Gasteiger charge is -2.39. The Bertz CT molecular complexity index is 1340. The van der Waals surface area contributed by atoms with Crippen molar-refractivity contribution in [2.75, 3.05) is 50.8 Å². The normalized spacial score (nSPS) is 16.9. The fourth-order valence-electron chi connectivity index (χ4n) is 5.75. The number of piperidine rings is 1. The summed E-state index contributed by atoms with van der Waals surface area (Å²) in [5, 5.41) is 2.42. The quantitative estimate of drug-likeness (QED) is 0.339. The third kappa shape index (κ3) is 8.00. The van der Waals surface area contributed by atoms with Gasteiger partial charge in [-0.25, -0.2) is 4.39 Å². The van der Waals surface area contributed by atoms with Gasteiger partial charge in [-0.05, 0) is 104 Å². The van der Waals surface area contributed by atoms with Crippen LogP contribution in [0.15, 0.2) is 66.7 Å². The van der Waals surface area contributed by atoms with Crippen molar-refractivity contribution in [3.05, 3.63) is 89.2 Å². The molecule has 2 aliphatic heterocycles. The Morgan fingerprint density at radius 1 is 0.905 bits per heavy atom. The van der Waals surface area contributed by atoms with Gasteiger partial charge in [0.1, 0.15) is 23.9 Å². The van der Waals surface area contributed by atoms with Crippen molar-refractivity contribution in [3.63, 3.8) is 0 Å². The fraction of sp³-hybridized carbons (Fsp3) is 0.394. The van der Waals surface area contributed by atoms with E-state index in [0.717, 1.165) is 61.6 Å². The maximum Gasteiger partial charge on any atom is 0.258 e. The van der Waals surface area contributed by atoms with Crippen molar-refractivity contribution in [2.45, 2.75) is 38.1 Å². The number of nitrogens with zero attached hydrogens (tertiary/aromatic N) is 2. The van der Waals surface area contributed by atoms with Crippen molar-refractivity contribution in [1.82, 2.24) is 10.2 Å². The monoisotopic (exact) mass is 574 g/mol. The van der Waals surface area contributed by atoms with Crippen LogP contribution in [0.2, 0.25) is 0 Å². The highest BCUT2D eigenvalue weighted by Gasteiger charge is 2.28. The van der Waals surface area contributed by atoms with Gasteiger partial charge in [0.25, 0.3) is 5.91 Å². The second-order valence-electron chi connectivity index (χ2n) is 10.9. The van der Waals surface area contributed by atoms with Gasteiger partial charge in [-0.3, -0.25) is 14.5 Å². The molecule has 0 aromatic heterocycles. The molecule has 3 N–H and O–H groups in total. The number of likely N-dealkylation sites (tertiary alicyclic amines) is 1. The number of halogens is 1. The smallest absolute Gasteiger partial charge is 0.258 e. The molecule has 2 heterocycles. The van der Waals surface area contributed by atoms with E-state index in [2.05, 4.69) is 27.2 Å². The molecule has 2 aliphatic rings. The van der Waals surface area contributed by atoms with E-state index in [4.69, 9.17) is 15.2 Å². The Balaban J connectivity index is 1.27. The lowest BCUT2D eigenvalue weighted by atomic mass is 9.88. The van der Waals surface area contributed by atoms with Crippen molar-refractivity contribution < 1.29 is 23.5 Å². The summed E-state index contributed by atoms with van der Waals surface area (Å²) in [7, 11) is 0. The van der Waals surface area contributed by atoms with Gasteiger partial charge in [0.2, 0.25) is 5.91 Å². The molecule has 0 bridgehead atoms. The molecule has 42 heavy (non-hydrogen) atoms. The van der Waals surface area contributed by atoms with E-state index in [1.54, 1.807) is 0 Å². The van der Waals surface area contributed by atoms with Crippen LogP contribution in [-0.2, 0) is 22.4 Å². The summed E-state index contributed by atoms with van der Waals surface area (Å²) < 4.78 is 25.5. The summed E-state index contributed by atoms with van der Waals surface area (Å²) in [4.78, 5) is 27.6. The number of carbonyl (C=O) groups excluding carboxylic acids is 2. The average molecular weight is 575 g/mol. The van der Waals surface area contributed by atoms with E-state index in [0.29, 0.717) is 12.4 Å². The number of hydrogen-bond donors (Lipinski definition) is 2. The molecule has 222 valence electrons. The first kappa shape index (κ1) is 29.4. The Morgan fingerprint density at radius 2 is 1.64 bits per heavy atom. The second-order valence-corrected chi connectivity index (χ2v) is 10.9. The summed E-state index contributed by atoms with van der Waals surface area (Å²) in [5.41, 5.74) is 9.53. The van der Waals surface area contributed by atoms with Crippen molar-refractivity contribution in [3.8, 4) is 11.5 Å². The summed E-state index contributed by atoms with van der Waals surface area (Å²) in [6, 6.07) is 20.9. The molecule has 3 aromatic carbocycles. The third-order valence-corrected chi connectivity index (χ3v) is 7.94. The highest BCUT2D eigenvalue weighted by atomic mass is 19.1. The molecule has 1 fully saturated rings. The number of fused-ring (bicyclic) bond motifs is 1. The van der Waals surface area contributed by atoms with Crippen LogP contribution in [0.5, 0.6) is 11.5 Å². The van der Waals surface area contributed by atoms with Gasteiger partial charge in [-0.2, -0.15) is 0 Å². The Kier molecular flexibility index (Phi) is 9.92. The second kappa shape index (κ2) is 14.2. The number of benzene rings is 3. The highest BCUT2D eigenvalue weighted by molar-refractivity contribution is 5.84. The van der Waals surface area contributed by atoms with Crippen molar-refractivity contribution >= 4 is 17.5 Å². The van der Waals surface area contributed by atoms with Gasteiger partial charge in [-0.1, -0.05) is 24.6 Å². The molecule has 1 atom stereocenters. The van der Waals surface area contributed by atoms with E-state index in [9.17, 15) is 14.0 Å². The molecule has 1 unspecified atom stereocenters. The van der Waals surface area contributed by atoms with Gasteiger partial charge >= 0.3 is 0 Å². The van der Waals surface area contributed by atoms with Gasteiger partial charge < -0.3 is 25.4 Å². The number of primary amides is 1. The number of anilines is 1. The maximum atomic E-state index is 13.7. The van der Waals surface area contributed by atoms with Gasteiger partial charge in [-0.15, -0.1) is 0 Å². The van der Waals surface area contributed by atoms with Crippen molar-refractivity contribution in [1.29, 1.82) is 0 Å². The summed E-state index contributed by atoms with van der Waals surface area (Å²) in [6.07, 6.45) is 5.41. The van der Waals surface area contributed by atoms with Crippen LogP contribution < -0.4 is 25.4 Å². The summed E-state index contributed by atoms with van der Waals surface area (Å²) in [6.45, 7) is 4.29. The molecule has 0 aliphatic carbocycles. The molecule has 3 aromatic rings. The van der Waals surface area contributed by atoms with Crippen LogP contribution in [-0.4, -0.2) is 62.7 Å². The Hall–Kier alpha value is -4.11. The molecule has 0 saturated carbocycles. The van der Waals surface area contributed by atoms with E-state index >= 15 is 0 Å². The highest BCUT2D eigenvalue weighted by Crippen LogP contribution is 2.37. The van der Waals surface area contributed by atoms with Gasteiger partial charge in [0.05, 0.1) is 12.6 Å². The summed E-state index contributed by atoms with van der Waals surface area (Å²) >= 11 is 0.